The molecule has 1 unspecified atom stereocenters. The van der Waals surface area contributed by atoms with E-state index in [1.165, 1.54) is 12.5 Å². The fourth-order valence-corrected chi connectivity index (χ4v) is 2.55. The second-order valence-electron chi connectivity index (χ2n) is 6.00. The molecule has 0 radical (unpaired) electrons. The van der Waals surface area contributed by atoms with Crippen LogP contribution in [0.15, 0.2) is 54.6 Å². The number of hydrogen-bond donors (Lipinski definition) is 1. The normalized spacial score (nSPS) is 11.6. The molecule has 0 spiro atoms. The summed E-state index contributed by atoms with van der Waals surface area (Å²) in [6.07, 6.45) is 0. The lowest BCUT2D eigenvalue weighted by atomic mass is 10.1. The van der Waals surface area contributed by atoms with Crippen LogP contribution in [0.3, 0.4) is 0 Å². The van der Waals surface area contributed by atoms with E-state index in [1.807, 2.05) is 68.4 Å². The van der Waals surface area contributed by atoms with Gasteiger partial charge in [0.05, 0.1) is 6.04 Å². The highest BCUT2D eigenvalue weighted by Gasteiger charge is 2.20. The third kappa shape index (κ3) is 4.95. The minimum Gasteiger partial charge on any atom is -0.350 e. The van der Waals surface area contributed by atoms with Crippen LogP contribution in [0.1, 0.15) is 36.6 Å². The summed E-state index contributed by atoms with van der Waals surface area (Å²) in [5.74, 6) is -0.273. The highest BCUT2D eigenvalue weighted by molar-refractivity contribution is 5.84. The Bertz CT molecular complexity index is 681. The van der Waals surface area contributed by atoms with Gasteiger partial charge in [-0.15, -0.1) is 0 Å². The molecule has 0 bridgehead atoms. The Balaban J connectivity index is 1.96. The third-order valence-corrected chi connectivity index (χ3v) is 4.08. The van der Waals surface area contributed by atoms with E-state index < -0.39 is 0 Å². The average molecular weight is 324 g/mol. The van der Waals surface area contributed by atoms with Gasteiger partial charge in [0.15, 0.2) is 0 Å². The molecule has 0 heterocycles. The molecule has 0 saturated carbocycles. The number of carbonyl (C=O) groups is 2. The van der Waals surface area contributed by atoms with Crippen LogP contribution >= 0.6 is 0 Å². The number of benzene rings is 2. The molecular formula is C20H24N2O2. The summed E-state index contributed by atoms with van der Waals surface area (Å²) in [6.45, 7) is 5.97. The second kappa shape index (κ2) is 8.29. The highest BCUT2D eigenvalue weighted by Crippen LogP contribution is 2.19. The molecule has 4 heteroatoms. The van der Waals surface area contributed by atoms with Crippen LogP contribution in [-0.4, -0.2) is 23.3 Å². The maximum atomic E-state index is 12.2. The van der Waals surface area contributed by atoms with Crippen molar-refractivity contribution in [3.8, 4) is 0 Å². The Hall–Kier alpha value is -2.62. The van der Waals surface area contributed by atoms with Gasteiger partial charge in [-0.2, -0.15) is 0 Å². The maximum Gasteiger partial charge on any atom is 0.239 e. The smallest absolute Gasteiger partial charge is 0.239 e. The minimum absolute atomic E-state index is 0.0528. The molecular weight excluding hydrogens is 300 g/mol. The van der Waals surface area contributed by atoms with Gasteiger partial charge < -0.3 is 10.2 Å². The summed E-state index contributed by atoms with van der Waals surface area (Å²) in [5, 5.41) is 2.88. The zero-order valence-corrected chi connectivity index (χ0v) is 14.5. The number of hydrogen-bond acceptors (Lipinski definition) is 2. The molecule has 126 valence electrons. The molecule has 4 nitrogen and oxygen atoms in total. The van der Waals surface area contributed by atoms with Crippen LogP contribution in [0.2, 0.25) is 0 Å². The summed E-state index contributed by atoms with van der Waals surface area (Å²) < 4.78 is 0. The first-order chi connectivity index (χ1) is 11.5. The van der Waals surface area contributed by atoms with Crippen molar-refractivity contribution in [3.05, 3.63) is 71.3 Å². The van der Waals surface area contributed by atoms with Gasteiger partial charge in [0.2, 0.25) is 11.8 Å². The van der Waals surface area contributed by atoms with Gasteiger partial charge in [-0.3, -0.25) is 9.59 Å². The Morgan fingerprint density at radius 3 is 2.25 bits per heavy atom. The number of aryl methyl sites for hydroxylation is 1. The number of amides is 2. The third-order valence-electron chi connectivity index (χ3n) is 4.08. The van der Waals surface area contributed by atoms with E-state index in [4.69, 9.17) is 0 Å². The fourth-order valence-electron chi connectivity index (χ4n) is 2.55. The Labute approximate surface area is 143 Å². The topological polar surface area (TPSA) is 49.4 Å². The first-order valence-electron chi connectivity index (χ1n) is 8.12. The largest absolute Gasteiger partial charge is 0.350 e. The van der Waals surface area contributed by atoms with Gasteiger partial charge >= 0.3 is 0 Å². The summed E-state index contributed by atoms with van der Waals surface area (Å²) in [4.78, 5) is 25.8. The quantitative estimate of drug-likeness (QED) is 0.887. The van der Waals surface area contributed by atoms with E-state index in [-0.39, 0.29) is 24.4 Å². The number of nitrogens with one attached hydrogen (secondary N) is 1. The van der Waals surface area contributed by atoms with E-state index in [9.17, 15) is 9.59 Å². The van der Waals surface area contributed by atoms with E-state index in [0.29, 0.717) is 6.54 Å². The van der Waals surface area contributed by atoms with Crippen molar-refractivity contribution in [3.63, 3.8) is 0 Å². The first kappa shape index (κ1) is 17.7. The van der Waals surface area contributed by atoms with Gasteiger partial charge in [0.1, 0.15) is 6.54 Å². The molecule has 1 atom stereocenters. The number of nitrogens with zero attached hydrogens (tertiary/aromatic N) is 1. The van der Waals surface area contributed by atoms with Crippen LogP contribution < -0.4 is 5.32 Å². The van der Waals surface area contributed by atoms with Gasteiger partial charge in [0.25, 0.3) is 0 Å². The Kier molecular flexibility index (Phi) is 6.13. The molecule has 0 fully saturated rings. The van der Waals surface area contributed by atoms with Crippen LogP contribution in [0.5, 0.6) is 0 Å². The molecule has 0 aliphatic heterocycles. The predicted molar refractivity (Wildman–Crippen MR) is 95.3 cm³/mol. The fraction of sp³-hybridized carbons (Fsp3) is 0.300. The number of rotatable bonds is 6. The standard InChI is InChI=1S/C20H24N2O2/c1-15-9-11-18(12-10-15)13-21-20(24)14-22(17(3)23)16(2)19-7-5-4-6-8-19/h4-12,16H,13-14H2,1-3H3,(H,21,24). The Morgan fingerprint density at radius 1 is 1.04 bits per heavy atom. The van der Waals surface area contributed by atoms with Gasteiger partial charge in [-0.1, -0.05) is 60.2 Å². The molecule has 0 aliphatic rings. The monoisotopic (exact) mass is 324 g/mol. The molecule has 2 amide bonds. The molecule has 1 N–H and O–H groups in total. The van der Waals surface area contributed by atoms with E-state index in [1.54, 1.807) is 4.90 Å². The van der Waals surface area contributed by atoms with E-state index in [2.05, 4.69) is 5.32 Å². The van der Waals surface area contributed by atoms with E-state index >= 15 is 0 Å². The summed E-state index contributed by atoms with van der Waals surface area (Å²) in [5.41, 5.74) is 3.24. The average Bonchev–Trinajstić information content (AvgIpc) is 2.59. The van der Waals surface area contributed by atoms with Crippen molar-refractivity contribution in [2.45, 2.75) is 33.4 Å². The lowest BCUT2D eigenvalue weighted by Crippen LogP contribution is -2.40. The first-order valence-corrected chi connectivity index (χ1v) is 8.12. The van der Waals surface area contributed by atoms with Crippen molar-refractivity contribution in [1.29, 1.82) is 0 Å². The van der Waals surface area contributed by atoms with Crippen LogP contribution in [0.25, 0.3) is 0 Å². The van der Waals surface area contributed by atoms with Crippen molar-refractivity contribution in [2.24, 2.45) is 0 Å². The molecule has 0 aliphatic carbocycles. The number of carbonyl (C=O) groups excluding carboxylic acids is 2. The lowest BCUT2D eigenvalue weighted by Gasteiger charge is -2.28. The minimum atomic E-state index is -0.159. The van der Waals surface area contributed by atoms with Gasteiger partial charge in [-0.25, -0.2) is 0 Å². The summed E-state index contributed by atoms with van der Waals surface area (Å²) >= 11 is 0. The van der Waals surface area contributed by atoms with Crippen LogP contribution in [0, 0.1) is 6.92 Å². The van der Waals surface area contributed by atoms with Crippen molar-refractivity contribution < 1.29 is 9.59 Å². The predicted octanol–water partition coefficient (Wildman–Crippen LogP) is 3.22. The van der Waals surface area contributed by atoms with Crippen LogP contribution in [0.4, 0.5) is 0 Å². The lowest BCUT2D eigenvalue weighted by molar-refractivity contribution is -0.136. The van der Waals surface area contributed by atoms with Crippen LogP contribution in [-0.2, 0) is 16.1 Å². The van der Waals surface area contributed by atoms with Crippen molar-refractivity contribution >= 4 is 11.8 Å². The molecule has 2 rings (SSSR count). The SMILES string of the molecule is CC(=O)N(CC(=O)NCc1ccc(C)cc1)C(C)c1ccccc1. The van der Waals surface area contributed by atoms with Crippen molar-refractivity contribution in [2.75, 3.05) is 6.54 Å². The highest BCUT2D eigenvalue weighted by atomic mass is 16.2. The molecule has 2 aromatic carbocycles. The molecule has 2 aromatic rings. The van der Waals surface area contributed by atoms with E-state index in [0.717, 1.165) is 11.1 Å². The van der Waals surface area contributed by atoms with Gasteiger partial charge in [0, 0.05) is 13.5 Å². The molecule has 24 heavy (non-hydrogen) atoms. The molecule has 0 aromatic heterocycles. The second-order valence-corrected chi connectivity index (χ2v) is 6.00. The summed E-state index contributed by atoms with van der Waals surface area (Å²) in [7, 11) is 0. The maximum absolute atomic E-state index is 12.2. The summed E-state index contributed by atoms with van der Waals surface area (Å²) in [6, 6.07) is 17.6. The zero-order chi connectivity index (χ0) is 17.5. The Morgan fingerprint density at radius 2 is 1.67 bits per heavy atom. The van der Waals surface area contributed by atoms with Gasteiger partial charge in [-0.05, 0) is 25.0 Å². The zero-order valence-electron chi connectivity index (χ0n) is 14.5. The molecule has 0 saturated heterocycles. The van der Waals surface area contributed by atoms with Crippen molar-refractivity contribution in [1.82, 2.24) is 10.2 Å².